The first-order valence-corrected chi connectivity index (χ1v) is 7.28. The maximum Gasteiger partial charge on any atom is 0.234 e. The van der Waals surface area contributed by atoms with Crippen LogP contribution >= 0.6 is 0 Å². The van der Waals surface area contributed by atoms with Crippen molar-refractivity contribution in [3.05, 3.63) is 35.1 Å². The molecule has 0 atom stereocenters. The van der Waals surface area contributed by atoms with Gasteiger partial charge in [-0.1, -0.05) is 12.1 Å². The number of hydrogen-bond donors (Lipinski definition) is 1. The number of aldehydes is 1. The molecule has 5 heteroatoms. The number of carbonyl (C=O) groups excluding carboxylic acids is 2. The predicted molar refractivity (Wildman–Crippen MR) is 78.2 cm³/mol. The Labute approximate surface area is 124 Å². The number of piperidine rings is 1. The van der Waals surface area contributed by atoms with E-state index in [-0.39, 0.29) is 17.6 Å². The van der Waals surface area contributed by atoms with Crippen LogP contribution in [0.3, 0.4) is 0 Å². The summed E-state index contributed by atoms with van der Waals surface area (Å²) in [6, 6.07) is 4.97. The number of nitrogens with one attached hydrogen (secondary N) is 1. The van der Waals surface area contributed by atoms with Crippen molar-refractivity contribution in [2.75, 3.05) is 19.6 Å². The number of halogens is 1. The zero-order valence-corrected chi connectivity index (χ0v) is 12.3. The molecule has 1 fully saturated rings. The number of likely N-dealkylation sites (tertiary alicyclic amines) is 1. The SMILES string of the molecule is Cc1ccc(CNC(=O)CN2CCC(C=O)CC2)cc1F. The Morgan fingerprint density at radius 2 is 2.14 bits per heavy atom. The first-order valence-electron chi connectivity index (χ1n) is 7.28. The third kappa shape index (κ3) is 4.63. The second kappa shape index (κ2) is 7.31. The number of hydrogen-bond acceptors (Lipinski definition) is 3. The van der Waals surface area contributed by atoms with Crippen molar-refractivity contribution in [1.82, 2.24) is 10.2 Å². The van der Waals surface area contributed by atoms with E-state index >= 15 is 0 Å². The number of carbonyl (C=O) groups is 2. The van der Waals surface area contributed by atoms with Crippen LogP contribution in [0.2, 0.25) is 0 Å². The fourth-order valence-electron chi connectivity index (χ4n) is 2.45. The molecule has 0 aromatic heterocycles. The molecule has 1 heterocycles. The fourth-order valence-corrected chi connectivity index (χ4v) is 2.45. The van der Waals surface area contributed by atoms with Gasteiger partial charge in [-0.25, -0.2) is 4.39 Å². The number of aryl methyl sites for hydroxylation is 1. The van der Waals surface area contributed by atoms with E-state index < -0.39 is 0 Å². The molecule has 1 aliphatic rings. The lowest BCUT2D eigenvalue weighted by molar-refractivity contribution is -0.122. The van der Waals surface area contributed by atoms with Crippen LogP contribution < -0.4 is 5.32 Å². The van der Waals surface area contributed by atoms with Gasteiger partial charge in [0.25, 0.3) is 0 Å². The van der Waals surface area contributed by atoms with Crippen LogP contribution in [-0.4, -0.2) is 36.7 Å². The highest BCUT2D eigenvalue weighted by Gasteiger charge is 2.20. The van der Waals surface area contributed by atoms with Gasteiger partial charge in [0.2, 0.25) is 5.91 Å². The summed E-state index contributed by atoms with van der Waals surface area (Å²) in [6.45, 7) is 3.92. The molecule has 0 unspecified atom stereocenters. The van der Waals surface area contributed by atoms with Crippen molar-refractivity contribution in [3.63, 3.8) is 0 Å². The van der Waals surface area contributed by atoms with E-state index in [9.17, 15) is 14.0 Å². The van der Waals surface area contributed by atoms with Crippen molar-refractivity contribution in [2.24, 2.45) is 5.92 Å². The zero-order chi connectivity index (χ0) is 15.2. The van der Waals surface area contributed by atoms with Gasteiger partial charge in [-0.15, -0.1) is 0 Å². The fraction of sp³-hybridized carbons (Fsp3) is 0.500. The Kier molecular flexibility index (Phi) is 5.44. The molecule has 1 aromatic carbocycles. The molecule has 0 bridgehead atoms. The molecular formula is C16H21FN2O2. The third-order valence-electron chi connectivity index (χ3n) is 3.92. The minimum atomic E-state index is -0.252. The summed E-state index contributed by atoms with van der Waals surface area (Å²) in [4.78, 5) is 24.6. The molecule has 4 nitrogen and oxygen atoms in total. The van der Waals surface area contributed by atoms with Gasteiger partial charge < -0.3 is 10.1 Å². The van der Waals surface area contributed by atoms with E-state index in [0.29, 0.717) is 18.7 Å². The van der Waals surface area contributed by atoms with E-state index in [0.717, 1.165) is 37.8 Å². The minimum absolute atomic E-state index is 0.0689. The van der Waals surface area contributed by atoms with Crippen LogP contribution in [0.25, 0.3) is 0 Å². The molecule has 1 amide bonds. The summed E-state index contributed by atoms with van der Waals surface area (Å²) in [5, 5.41) is 2.80. The van der Waals surface area contributed by atoms with Crippen molar-refractivity contribution < 1.29 is 14.0 Å². The lowest BCUT2D eigenvalue weighted by Crippen LogP contribution is -2.41. The van der Waals surface area contributed by atoms with Gasteiger partial charge >= 0.3 is 0 Å². The monoisotopic (exact) mass is 292 g/mol. The molecular weight excluding hydrogens is 271 g/mol. The van der Waals surface area contributed by atoms with Crippen LogP contribution in [0.15, 0.2) is 18.2 Å². The summed E-state index contributed by atoms with van der Waals surface area (Å²) < 4.78 is 13.4. The highest BCUT2D eigenvalue weighted by Crippen LogP contribution is 2.14. The highest BCUT2D eigenvalue weighted by molar-refractivity contribution is 5.78. The van der Waals surface area contributed by atoms with Crippen molar-refractivity contribution in [1.29, 1.82) is 0 Å². The highest BCUT2D eigenvalue weighted by atomic mass is 19.1. The molecule has 21 heavy (non-hydrogen) atoms. The summed E-state index contributed by atoms with van der Waals surface area (Å²) in [7, 11) is 0. The molecule has 0 spiro atoms. The number of nitrogens with zero attached hydrogens (tertiary/aromatic N) is 1. The average molecular weight is 292 g/mol. The van der Waals surface area contributed by atoms with E-state index in [1.54, 1.807) is 13.0 Å². The van der Waals surface area contributed by atoms with Gasteiger partial charge in [-0.05, 0) is 50.0 Å². The molecule has 1 saturated heterocycles. The zero-order valence-electron chi connectivity index (χ0n) is 12.3. The van der Waals surface area contributed by atoms with Gasteiger partial charge in [0.05, 0.1) is 6.54 Å². The van der Waals surface area contributed by atoms with Gasteiger partial charge in [0.1, 0.15) is 12.1 Å². The van der Waals surface area contributed by atoms with Gasteiger partial charge in [-0.2, -0.15) is 0 Å². The molecule has 0 radical (unpaired) electrons. The second-order valence-electron chi connectivity index (χ2n) is 5.61. The summed E-state index contributed by atoms with van der Waals surface area (Å²) >= 11 is 0. The Bertz CT molecular complexity index is 511. The van der Waals surface area contributed by atoms with E-state index in [1.165, 1.54) is 6.07 Å². The van der Waals surface area contributed by atoms with Crippen molar-refractivity contribution in [3.8, 4) is 0 Å². The van der Waals surface area contributed by atoms with Crippen molar-refractivity contribution in [2.45, 2.75) is 26.3 Å². The summed E-state index contributed by atoms with van der Waals surface area (Å²) in [5.74, 6) is -0.182. The third-order valence-corrected chi connectivity index (χ3v) is 3.92. The van der Waals surface area contributed by atoms with E-state index in [2.05, 4.69) is 5.32 Å². The first kappa shape index (κ1) is 15.6. The Balaban J connectivity index is 1.74. The van der Waals surface area contributed by atoms with Crippen LogP contribution in [-0.2, 0) is 16.1 Å². The van der Waals surface area contributed by atoms with Crippen LogP contribution in [0, 0.1) is 18.7 Å². The molecule has 1 N–H and O–H groups in total. The Morgan fingerprint density at radius 1 is 1.43 bits per heavy atom. The smallest absolute Gasteiger partial charge is 0.234 e. The average Bonchev–Trinajstić information content (AvgIpc) is 2.49. The maximum absolute atomic E-state index is 13.4. The quantitative estimate of drug-likeness (QED) is 0.840. The summed E-state index contributed by atoms with van der Waals surface area (Å²) in [5.41, 5.74) is 1.36. The first-order chi connectivity index (χ1) is 10.1. The van der Waals surface area contributed by atoms with Crippen LogP contribution in [0.4, 0.5) is 4.39 Å². The maximum atomic E-state index is 13.4. The van der Waals surface area contributed by atoms with Crippen LogP contribution in [0.5, 0.6) is 0 Å². The normalized spacial score (nSPS) is 16.7. The standard InChI is InChI=1S/C16H21FN2O2/c1-12-2-3-14(8-15(12)17)9-18-16(21)10-19-6-4-13(11-20)5-7-19/h2-3,8,11,13H,4-7,9-10H2,1H3,(H,18,21). The van der Waals surface area contributed by atoms with E-state index in [4.69, 9.17) is 0 Å². The molecule has 2 rings (SSSR count). The minimum Gasteiger partial charge on any atom is -0.351 e. The number of rotatable bonds is 5. The lowest BCUT2D eigenvalue weighted by atomic mass is 9.99. The molecule has 0 aliphatic carbocycles. The van der Waals surface area contributed by atoms with Crippen molar-refractivity contribution >= 4 is 12.2 Å². The lowest BCUT2D eigenvalue weighted by Gasteiger charge is -2.28. The number of benzene rings is 1. The molecule has 114 valence electrons. The van der Waals surface area contributed by atoms with Gasteiger partial charge in [0.15, 0.2) is 0 Å². The Hall–Kier alpha value is -1.75. The molecule has 1 aliphatic heterocycles. The topological polar surface area (TPSA) is 49.4 Å². The molecule has 1 aromatic rings. The predicted octanol–water partition coefficient (Wildman–Crippen LogP) is 1.66. The van der Waals surface area contributed by atoms with Crippen LogP contribution in [0.1, 0.15) is 24.0 Å². The number of amides is 1. The van der Waals surface area contributed by atoms with Gasteiger partial charge in [-0.3, -0.25) is 9.69 Å². The second-order valence-corrected chi connectivity index (χ2v) is 5.61. The summed E-state index contributed by atoms with van der Waals surface area (Å²) in [6.07, 6.45) is 2.64. The molecule has 0 saturated carbocycles. The van der Waals surface area contributed by atoms with E-state index in [1.807, 2.05) is 11.0 Å². The Morgan fingerprint density at radius 3 is 2.76 bits per heavy atom. The van der Waals surface area contributed by atoms with Gasteiger partial charge in [0, 0.05) is 12.5 Å². The largest absolute Gasteiger partial charge is 0.351 e.